The molecule has 5 amide bonds. The standard InChI is InChI=1S/C27H42N6O9/c1-2-22(34)33-21(27(39)40)10-11-23(35)30-13-14-41-15-16-42-17-24(36)32-20(25(29)37)5-3-4-12-31-26(38)18-6-8-19(28)9-7-18/h6-9,20-21H,2-5,10-17,28H2,1H3,(H2,29,37)(H,30,35)(H,31,38)(H,32,36)(H,33,34)(H,39,40). The lowest BCUT2D eigenvalue weighted by atomic mass is 10.1. The van der Waals surface area contributed by atoms with Crippen molar-refractivity contribution in [1.29, 1.82) is 0 Å². The summed E-state index contributed by atoms with van der Waals surface area (Å²) in [7, 11) is 0. The molecule has 42 heavy (non-hydrogen) atoms. The second-order valence-electron chi connectivity index (χ2n) is 9.26. The molecular weight excluding hydrogens is 552 g/mol. The number of carboxylic acid groups (broad SMARTS) is 1. The van der Waals surface area contributed by atoms with E-state index in [4.69, 9.17) is 26.0 Å². The highest BCUT2D eigenvalue weighted by molar-refractivity contribution is 5.94. The lowest BCUT2D eigenvalue weighted by Gasteiger charge is -2.15. The maximum Gasteiger partial charge on any atom is 0.326 e. The molecule has 1 rings (SSSR count). The van der Waals surface area contributed by atoms with Gasteiger partial charge in [-0.25, -0.2) is 4.79 Å². The maximum absolute atomic E-state index is 12.1. The van der Waals surface area contributed by atoms with Gasteiger partial charge in [-0.3, -0.25) is 24.0 Å². The third-order valence-corrected chi connectivity index (χ3v) is 5.84. The number of aliphatic carboxylic acids is 1. The van der Waals surface area contributed by atoms with E-state index in [0.29, 0.717) is 37.1 Å². The Morgan fingerprint density at radius 1 is 0.810 bits per heavy atom. The number of nitrogens with two attached hydrogens (primary N) is 2. The van der Waals surface area contributed by atoms with Crippen LogP contribution in [0.3, 0.4) is 0 Å². The number of anilines is 1. The van der Waals surface area contributed by atoms with Gasteiger partial charge in [0.25, 0.3) is 5.91 Å². The van der Waals surface area contributed by atoms with Crippen molar-refractivity contribution in [3.8, 4) is 0 Å². The molecule has 0 aliphatic heterocycles. The van der Waals surface area contributed by atoms with E-state index in [1.54, 1.807) is 31.2 Å². The van der Waals surface area contributed by atoms with Gasteiger partial charge in [0.15, 0.2) is 0 Å². The van der Waals surface area contributed by atoms with Gasteiger partial charge in [-0.1, -0.05) is 6.92 Å². The Bertz CT molecular complexity index is 1040. The van der Waals surface area contributed by atoms with Crippen LogP contribution in [0.25, 0.3) is 0 Å². The number of hydrogen-bond donors (Lipinski definition) is 7. The third-order valence-electron chi connectivity index (χ3n) is 5.84. The average molecular weight is 595 g/mol. The number of nitrogen functional groups attached to an aromatic ring is 1. The molecule has 0 heterocycles. The SMILES string of the molecule is CCC(=O)NC(CCC(=O)NCCOCCOCC(=O)NC(CCCCNC(=O)c1ccc(N)cc1)C(N)=O)C(=O)O. The summed E-state index contributed by atoms with van der Waals surface area (Å²) in [6.45, 7) is 2.27. The van der Waals surface area contributed by atoms with Gasteiger partial charge in [-0.2, -0.15) is 0 Å². The Morgan fingerprint density at radius 3 is 2.12 bits per heavy atom. The molecule has 0 fully saturated rings. The molecule has 15 nitrogen and oxygen atoms in total. The van der Waals surface area contributed by atoms with Crippen LogP contribution in [0.4, 0.5) is 5.69 Å². The van der Waals surface area contributed by atoms with Gasteiger partial charge in [-0.05, 0) is 49.9 Å². The van der Waals surface area contributed by atoms with Crippen molar-refractivity contribution in [1.82, 2.24) is 21.3 Å². The Morgan fingerprint density at radius 2 is 1.48 bits per heavy atom. The fourth-order valence-electron chi connectivity index (χ4n) is 3.50. The number of hydrogen-bond acceptors (Lipinski definition) is 9. The van der Waals surface area contributed by atoms with E-state index in [2.05, 4.69) is 21.3 Å². The summed E-state index contributed by atoms with van der Waals surface area (Å²) in [5.74, 6) is -3.42. The molecule has 0 radical (unpaired) electrons. The molecule has 1 aromatic rings. The van der Waals surface area contributed by atoms with Crippen molar-refractivity contribution < 1.29 is 43.3 Å². The summed E-state index contributed by atoms with van der Waals surface area (Å²) in [6, 6.07) is 4.52. The third kappa shape index (κ3) is 16.1. The van der Waals surface area contributed by atoms with Crippen LogP contribution in [0.15, 0.2) is 24.3 Å². The summed E-state index contributed by atoms with van der Waals surface area (Å²) in [5, 5.41) is 19.3. The molecule has 2 atom stereocenters. The maximum atomic E-state index is 12.1. The van der Waals surface area contributed by atoms with Crippen LogP contribution in [0.1, 0.15) is 55.8 Å². The molecule has 0 bridgehead atoms. The van der Waals surface area contributed by atoms with Crippen LogP contribution in [0.5, 0.6) is 0 Å². The van der Waals surface area contributed by atoms with Crippen molar-refractivity contribution >= 4 is 41.2 Å². The Kier molecular flexibility index (Phi) is 17.6. The van der Waals surface area contributed by atoms with Gasteiger partial charge >= 0.3 is 5.97 Å². The molecular formula is C27H42N6O9. The van der Waals surface area contributed by atoms with Crippen molar-refractivity contribution in [3.05, 3.63) is 29.8 Å². The molecule has 15 heteroatoms. The number of nitrogens with one attached hydrogen (secondary N) is 4. The first kappa shape index (κ1) is 35.8. The lowest BCUT2D eigenvalue weighted by Crippen LogP contribution is -2.45. The number of benzene rings is 1. The van der Waals surface area contributed by atoms with Crippen molar-refractivity contribution in [2.75, 3.05) is 45.3 Å². The monoisotopic (exact) mass is 594 g/mol. The topological polar surface area (TPSA) is 241 Å². The van der Waals surface area contributed by atoms with Gasteiger partial charge in [-0.15, -0.1) is 0 Å². The number of unbranched alkanes of at least 4 members (excludes halogenated alkanes) is 1. The minimum atomic E-state index is -1.21. The van der Waals surface area contributed by atoms with Gasteiger partial charge in [0, 0.05) is 37.2 Å². The Hall–Kier alpha value is -4.24. The molecule has 0 saturated heterocycles. The smallest absolute Gasteiger partial charge is 0.326 e. The molecule has 0 aliphatic rings. The van der Waals surface area contributed by atoms with Crippen molar-refractivity contribution in [3.63, 3.8) is 0 Å². The number of carbonyl (C=O) groups excluding carboxylic acids is 5. The average Bonchev–Trinajstić information content (AvgIpc) is 2.95. The molecule has 0 aliphatic carbocycles. The van der Waals surface area contributed by atoms with Gasteiger partial charge in [0.2, 0.25) is 23.6 Å². The molecule has 0 saturated carbocycles. The molecule has 1 aromatic carbocycles. The van der Waals surface area contributed by atoms with Crippen LogP contribution in [0.2, 0.25) is 0 Å². The Balaban J connectivity index is 2.11. The first-order chi connectivity index (χ1) is 20.0. The summed E-state index contributed by atoms with van der Waals surface area (Å²) >= 11 is 0. The quantitative estimate of drug-likeness (QED) is 0.0641. The molecule has 0 aromatic heterocycles. The van der Waals surface area contributed by atoms with Gasteiger partial charge in [0.05, 0.1) is 19.8 Å². The zero-order valence-electron chi connectivity index (χ0n) is 23.8. The van der Waals surface area contributed by atoms with E-state index in [1.165, 1.54) is 0 Å². The number of rotatable bonds is 22. The van der Waals surface area contributed by atoms with Crippen LogP contribution < -0.4 is 32.7 Å². The lowest BCUT2D eigenvalue weighted by molar-refractivity contribution is -0.142. The van der Waals surface area contributed by atoms with E-state index in [-0.39, 0.29) is 64.0 Å². The molecule has 0 spiro atoms. The number of carboxylic acids is 1. The van der Waals surface area contributed by atoms with Crippen molar-refractivity contribution in [2.45, 2.75) is 57.5 Å². The summed E-state index contributed by atoms with van der Waals surface area (Å²) < 4.78 is 10.5. The second-order valence-corrected chi connectivity index (χ2v) is 9.26. The van der Waals surface area contributed by atoms with Crippen molar-refractivity contribution in [2.24, 2.45) is 5.73 Å². The number of amides is 5. The normalized spacial score (nSPS) is 12.0. The molecule has 9 N–H and O–H groups in total. The highest BCUT2D eigenvalue weighted by atomic mass is 16.5. The summed E-state index contributed by atoms with van der Waals surface area (Å²) in [4.78, 5) is 70.3. The zero-order chi connectivity index (χ0) is 31.3. The van der Waals surface area contributed by atoms with E-state index in [1.807, 2.05) is 0 Å². The fourth-order valence-corrected chi connectivity index (χ4v) is 3.50. The number of carbonyl (C=O) groups is 6. The number of ether oxygens (including phenoxy) is 2. The first-order valence-corrected chi connectivity index (χ1v) is 13.7. The molecule has 234 valence electrons. The summed E-state index contributed by atoms with van der Waals surface area (Å²) in [6.07, 6.45) is 1.45. The van der Waals surface area contributed by atoms with E-state index < -0.39 is 35.8 Å². The minimum absolute atomic E-state index is 0.0379. The van der Waals surface area contributed by atoms with Crippen LogP contribution in [0, 0.1) is 0 Å². The minimum Gasteiger partial charge on any atom is -0.480 e. The van der Waals surface area contributed by atoms with E-state index in [9.17, 15) is 28.8 Å². The highest BCUT2D eigenvalue weighted by Gasteiger charge is 2.20. The van der Waals surface area contributed by atoms with Crippen LogP contribution in [-0.2, 0) is 33.4 Å². The highest BCUT2D eigenvalue weighted by Crippen LogP contribution is 2.06. The van der Waals surface area contributed by atoms with Crippen LogP contribution >= 0.6 is 0 Å². The fraction of sp³-hybridized carbons (Fsp3) is 0.556. The first-order valence-electron chi connectivity index (χ1n) is 13.7. The Labute approximate surface area is 244 Å². The molecule has 2 unspecified atom stereocenters. The number of primary amides is 1. The van der Waals surface area contributed by atoms with Gasteiger partial charge < -0.3 is 47.3 Å². The predicted octanol–water partition coefficient (Wildman–Crippen LogP) is -0.952. The van der Waals surface area contributed by atoms with E-state index in [0.717, 1.165) is 0 Å². The summed E-state index contributed by atoms with van der Waals surface area (Å²) in [5.41, 5.74) is 12.0. The largest absolute Gasteiger partial charge is 0.480 e. The second kappa shape index (κ2) is 20.6. The van der Waals surface area contributed by atoms with Gasteiger partial charge in [0.1, 0.15) is 18.7 Å². The predicted molar refractivity (Wildman–Crippen MR) is 152 cm³/mol. The zero-order valence-corrected chi connectivity index (χ0v) is 23.8. The van der Waals surface area contributed by atoms with Crippen LogP contribution in [-0.4, -0.2) is 92.2 Å². The van der Waals surface area contributed by atoms with E-state index >= 15 is 0 Å².